The number of nitrogens with one attached hydrogen (secondary N) is 1. The summed E-state index contributed by atoms with van der Waals surface area (Å²) in [4.78, 5) is 11.6. The van der Waals surface area contributed by atoms with Gasteiger partial charge in [-0.15, -0.1) is 0 Å². The first-order chi connectivity index (χ1) is 6.65. The summed E-state index contributed by atoms with van der Waals surface area (Å²) in [6.45, 7) is 2.12. The summed E-state index contributed by atoms with van der Waals surface area (Å²) in [5, 5.41) is 3.10. The molecular weight excluding hydrogens is 176 g/mol. The van der Waals surface area contributed by atoms with Crippen molar-refractivity contribution in [3.63, 3.8) is 0 Å². The Morgan fingerprint density at radius 1 is 1.57 bits per heavy atom. The Balaban J connectivity index is 1.71. The molecule has 3 N–H and O–H groups in total. The van der Waals surface area contributed by atoms with Crippen molar-refractivity contribution in [1.82, 2.24) is 5.32 Å². The Bertz CT molecular complexity index is 222. The van der Waals surface area contributed by atoms with Crippen LogP contribution >= 0.6 is 0 Å². The maximum Gasteiger partial charge on any atom is 0.237 e. The molecular formula is C11H20N2O. The van der Waals surface area contributed by atoms with Crippen molar-refractivity contribution in [3.05, 3.63) is 0 Å². The summed E-state index contributed by atoms with van der Waals surface area (Å²) < 4.78 is 0. The third-order valence-electron chi connectivity index (χ3n) is 3.63. The number of hydrogen-bond donors (Lipinski definition) is 2. The predicted molar refractivity (Wildman–Crippen MR) is 55.7 cm³/mol. The van der Waals surface area contributed by atoms with E-state index in [1.165, 1.54) is 19.3 Å². The summed E-state index contributed by atoms with van der Waals surface area (Å²) in [6.07, 6.45) is 6.55. The normalized spacial score (nSPS) is 35.4. The van der Waals surface area contributed by atoms with Gasteiger partial charge in [0, 0.05) is 5.54 Å². The highest BCUT2D eigenvalue weighted by Gasteiger charge is 2.57. The average molecular weight is 196 g/mol. The van der Waals surface area contributed by atoms with Gasteiger partial charge in [0.15, 0.2) is 0 Å². The molecule has 2 bridgehead atoms. The molecule has 1 atom stereocenters. The molecule has 0 aromatic rings. The largest absolute Gasteiger partial charge is 0.349 e. The van der Waals surface area contributed by atoms with Crippen LogP contribution in [0.15, 0.2) is 0 Å². The van der Waals surface area contributed by atoms with Gasteiger partial charge < -0.3 is 11.1 Å². The SMILES string of the molecule is CCCCC(N)C(=O)NC12CC(C1)C2. The van der Waals surface area contributed by atoms with Crippen molar-refractivity contribution in [2.24, 2.45) is 11.7 Å². The first-order valence-electron chi connectivity index (χ1n) is 5.73. The highest BCUT2D eigenvalue weighted by Crippen LogP contribution is 2.56. The molecule has 3 heteroatoms. The number of hydrogen-bond acceptors (Lipinski definition) is 2. The highest BCUT2D eigenvalue weighted by molar-refractivity contribution is 5.82. The fourth-order valence-corrected chi connectivity index (χ4v) is 2.54. The molecule has 0 aromatic carbocycles. The van der Waals surface area contributed by atoms with Crippen LogP contribution in [0.25, 0.3) is 0 Å². The number of unbranched alkanes of at least 4 members (excludes halogenated alkanes) is 1. The van der Waals surface area contributed by atoms with E-state index in [0.29, 0.717) is 0 Å². The summed E-state index contributed by atoms with van der Waals surface area (Å²) in [5.74, 6) is 0.971. The molecule has 80 valence electrons. The fourth-order valence-electron chi connectivity index (χ4n) is 2.54. The van der Waals surface area contributed by atoms with E-state index >= 15 is 0 Å². The van der Waals surface area contributed by atoms with E-state index in [9.17, 15) is 4.79 Å². The van der Waals surface area contributed by atoms with E-state index < -0.39 is 0 Å². The lowest BCUT2D eigenvalue weighted by Crippen LogP contribution is -2.69. The lowest BCUT2D eigenvalue weighted by molar-refractivity contribution is -0.134. The van der Waals surface area contributed by atoms with Gasteiger partial charge >= 0.3 is 0 Å². The Morgan fingerprint density at radius 3 is 2.64 bits per heavy atom. The van der Waals surface area contributed by atoms with Gasteiger partial charge in [0.25, 0.3) is 0 Å². The van der Waals surface area contributed by atoms with Crippen LogP contribution in [-0.2, 0) is 4.79 Å². The molecule has 0 aromatic heterocycles. The van der Waals surface area contributed by atoms with E-state index in [1.54, 1.807) is 0 Å². The van der Waals surface area contributed by atoms with Crippen LogP contribution in [0.2, 0.25) is 0 Å². The fraction of sp³-hybridized carbons (Fsp3) is 0.909. The molecule has 3 nitrogen and oxygen atoms in total. The molecule has 0 spiro atoms. The molecule has 0 aliphatic heterocycles. The second kappa shape index (κ2) is 3.54. The third kappa shape index (κ3) is 1.65. The van der Waals surface area contributed by atoms with Gasteiger partial charge in [0.05, 0.1) is 6.04 Å². The minimum atomic E-state index is -0.288. The first kappa shape index (κ1) is 9.97. The van der Waals surface area contributed by atoms with Crippen molar-refractivity contribution >= 4 is 5.91 Å². The lowest BCUT2D eigenvalue weighted by atomic mass is 9.50. The Morgan fingerprint density at radius 2 is 2.21 bits per heavy atom. The maximum absolute atomic E-state index is 11.6. The molecule has 0 radical (unpaired) electrons. The van der Waals surface area contributed by atoms with Gasteiger partial charge in [-0.2, -0.15) is 0 Å². The summed E-state index contributed by atoms with van der Waals surface area (Å²) in [6, 6.07) is -0.288. The van der Waals surface area contributed by atoms with Crippen LogP contribution in [0.3, 0.4) is 0 Å². The van der Waals surface area contributed by atoms with Gasteiger partial charge in [0.1, 0.15) is 0 Å². The molecule has 3 rings (SSSR count). The van der Waals surface area contributed by atoms with Gasteiger partial charge in [0.2, 0.25) is 5.91 Å². The van der Waals surface area contributed by atoms with Gasteiger partial charge in [-0.3, -0.25) is 4.79 Å². The van der Waals surface area contributed by atoms with E-state index in [4.69, 9.17) is 5.73 Å². The molecule has 0 saturated heterocycles. The number of rotatable bonds is 5. The smallest absolute Gasteiger partial charge is 0.237 e. The Labute approximate surface area is 85.4 Å². The molecule has 3 aliphatic carbocycles. The van der Waals surface area contributed by atoms with Crippen molar-refractivity contribution in [3.8, 4) is 0 Å². The summed E-state index contributed by atoms with van der Waals surface area (Å²) >= 11 is 0. The second-order valence-corrected chi connectivity index (χ2v) is 5.00. The van der Waals surface area contributed by atoms with Crippen LogP contribution in [-0.4, -0.2) is 17.5 Å². The molecule has 14 heavy (non-hydrogen) atoms. The van der Waals surface area contributed by atoms with Crippen LogP contribution in [0.1, 0.15) is 45.4 Å². The number of carbonyl (C=O) groups is 1. The minimum Gasteiger partial charge on any atom is -0.349 e. The van der Waals surface area contributed by atoms with E-state index in [1.807, 2.05) is 0 Å². The average Bonchev–Trinajstić information content (AvgIpc) is 2.04. The molecule has 3 saturated carbocycles. The van der Waals surface area contributed by atoms with E-state index in [2.05, 4.69) is 12.2 Å². The molecule has 3 aliphatic rings. The zero-order valence-corrected chi connectivity index (χ0v) is 8.88. The predicted octanol–water partition coefficient (Wildman–Crippen LogP) is 1.17. The highest BCUT2D eigenvalue weighted by atomic mass is 16.2. The third-order valence-corrected chi connectivity index (χ3v) is 3.63. The Hall–Kier alpha value is -0.570. The zero-order chi connectivity index (χ0) is 10.2. The standard InChI is InChI=1S/C11H20N2O/c1-2-3-4-9(12)10(14)13-11-5-8(6-11)7-11/h8-9H,2-7,12H2,1H3,(H,13,14). The molecule has 1 unspecified atom stereocenters. The van der Waals surface area contributed by atoms with Crippen LogP contribution in [0, 0.1) is 5.92 Å². The van der Waals surface area contributed by atoms with E-state index in [0.717, 1.165) is 25.2 Å². The van der Waals surface area contributed by atoms with Gasteiger partial charge in [-0.1, -0.05) is 19.8 Å². The topological polar surface area (TPSA) is 55.1 Å². The van der Waals surface area contributed by atoms with Gasteiger partial charge in [-0.25, -0.2) is 0 Å². The van der Waals surface area contributed by atoms with Crippen LogP contribution in [0.5, 0.6) is 0 Å². The minimum absolute atomic E-state index is 0.0663. The quantitative estimate of drug-likeness (QED) is 0.693. The molecule has 1 amide bonds. The van der Waals surface area contributed by atoms with Crippen LogP contribution in [0.4, 0.5) is 0 Å². The number of nitrogens with two attached hydrogens (primary N) is 1. The van der Waals surface area contributed by atoms with Crippen LogP contribution < -0.4 is 11.1 Å². The van der Waals surface area contributed by atoms with Crippen molar-refractivity contribution in [1.29, 1.82) is 0 Å². The summed E-state index contributed by atoms with van der Waals surface area (Å²) in [7, 11) is 0. The van der Waals surface area contributed by atoms with Crippen molar-refractivity contribution in [2.45, 2.75) is 57.0 Å². The maximum atomic E-state index is 11.6. The Kier molecular flexibility index (Phi) is 2.52. The number of carbonyl (C=O) groups excluding carboxylic acids is 1. The van der Waals surface area contributed by atoms with Crippen molar-refractivity contribution < 1.29 is 4.79 Å². The summed E-state index contributed by atoms with van der Waals surface area (Å²) in [5.41, 5.74) is 5.98. The molecule has 0 heterocycles. The second-order valence-electron chi connectivity index (χ2n) is 5.00. The van der Waals surface area contributed by atoms with Crippen molar-refractivity contribution in [2.75, 3.05) is 0 Å². The number of amides is 1. The van der Waals surface area contributed by atoms with Gasteiger partial charge in [-0.05, 0) is 31.6 Å². The zero-order valence-electron chi connectivity index (χ0n) is 8.88. The lowest BCUT2D eigenvalue weighted by Gasteiger charge is -2.62. The van der Waals surface area contributed by atoms with E-state index in [-0.39, 0.29) is 17.5 Å². The molecule has 3 fully saturated rings. The monoisotopic (exact) mass is 196 g/mol. The first-order valence-corrected chi connectivity index (χ1v) is 5.73.